The van der Waals surface area contributed by atoms with E-state index in [0.29, 0.717) is 0 Å². The second kappa shape index (κ2) is 6.12. The molecule has 0 aromatic rings. The first-order chi connectivity index (χ1) is 12.0. The van der Waals surface area contributed by atoms with Crippen molar-refractivity contribution in [2.45, 2.75) is 61.6 Å². The van der Waals surface area contributed by atoms with Gasteiger partial charge in [0, 0.05) is 23.9 Å². The number of aliphatic hydroxyl groups excluding tert-OH is 1. The fraction of sp³-hybridized carbons (Fsp3) is 0.833. The molecule has 3 amide bonds. The number of aliphatic hydroxyl groups is 1. The number of hydrogen-bond donors (Lipinski definition) is 3. The molecule has 7 nitrogen and oxygen atoms in total. The molecule has 3 N–H and O–H groups in total. The van der Waals surface area contributed by atoms with Crippen LogP contribution in [-0.4, -0.2) is 69.0 Å². The number of carbonyl (C=O) groups excluding carboxylic acids is 3. The first-order valence-corrected chi connectivity index (χ1v) is 9.97. The number of rotatable bonds is 4. The molecule has 3 aliphatic rings. The van der Waals surface area contributed by atoms with E-state index in [-0.39, 0.29) is 35.6 Å². The Balaban J connectivity index is 2.05. The first-order valence-electron chi connectivity index (χ1n) is 9.16. The van der Waals surface area contributed by atoms with Gasteiger partial charge in [0.25, 0.3) is 0 Å². The van der Waals surface area contributed by atoms with E-state index >= 15 is 0 Å². The van der Waals surface area contributed by atoms with E-state index in [2.05, 4.69) is 10.6 Å². The van der Waals surface area contributed by atoms with Crippen LogP contribution in [0, 0.1) is 11.8 Å². The van der Waals surface area contributed by atoms with Crippen LogP contribution in [0.3, 0.4) is 0 Å². The third-order valence-electron chi connectivity index (χ3n) is 5.89. The van der Waals surface area contributed by atoms with Crippen molar-refractivity contribution in [3.8, 4) is 0 Å². The van der Waals surface area contributed by atoms with Gasteiger partial charge in [-0.1, -0.05) is 0 Å². The molecular weight excluding hydrogens is 354 g/mol. The van der Waals surface area contributed by atoms with Crippen LogP contribution in [-0.2, 0) is 14.4 Å². The molecule has 146 valence electrons. The van der Waals surface area contributed by atoms with Crippen LogP contribution >= 0.6 is 11.8 Å². The number of hydrogen-bond acceptors (Lipinski definition) is 5. The summed E-state index contributed by atoms with van der Waals surface area (Å²) in [7, 11) is 1.59. The molecule has 26 heavy (non-hydrogen) atoms. The van der Waals surface area contributed by atoms with E-state index < -0.39 is 28.2 Å². The van der Waals surface area contributed by atoms with Gasteiger partial charge >= 0.3 is 0 Å². The molecule has 2 unspecified atom stereocenters. The number of amides is 3. The highest BCUT2D eigenvalue weighted by Gasteiger charge is 2.76. The zero-order chi connectivity index (χ0) is 19.5. The minimum atomic E-state index is -0.659. The number of fused-ring (bicyclic) bond motifs is 1. The molecule has 3 aliphatic heterocycles. The van der Waals surface area contributed by atoms with Gasteiger partial charge in [0.2, 0.25) is 17.7 Å². The molecule has 0 aromatic heterocycles. The third-order valence-corrected chi connectivity index (χ3v) is 7.88. The van der Waals surface area contributed by atoms with Gasteiger partial charge < -0.3 is 20.6 Å². The van der Waals surface area contributed by atoms with Crippen LogP contribution < -0.4 is 10.6 Å². The minimum Gasteiger partial charge on any atom is -0.395 e. The molecule has 8 heteroatoms. The lowest BCUT2D eigenvalue weighted by Crippen LogP contribution is -2.57. The lowest BCUT2D eigenvalue weighted by Gasteiger charge is -2.36. The van der Waals surface area contributed by atoms with Gasteiger partial charge in [0.15, 0.2) is 0 Å². The summed E-state index contributed by atoms with van der Waals surface area (Å²) in [5.41, 5.74) is -0.425. The van der Waals surface area contributed by atoms with Gasteiger partial charge in [0.05, 0.1) is 23.2 Å². The van der Waals surface area contributed by atoms with Crippen molar-refractivity contribution < 1.29 is 19.5 Å². The molecular formula is C18H29N3O4S. The summed E-state index contributed by atoms with van der Waals surface area (Å²) < 4.78 is -0.945. The fourth-order valence-corrected chi connectivity index (χ4v) is 7.43. The molecule has 3 rings (SSSR count). The van der Waals surface area contributed by atoms with E-state index in [0.717, 1.165) is 12.8 Å². The van der Waals surface area contributed by atoms with Gasteiger partial charge in [-0.25, -0.2) is 0 Å². The lowest BCUT2D eigenvalue weighted by atomic mass is 9.66. The Morgan fingerprint density at radius 3 is 2.50 bits per heavy atom. The highest BCUT2D eigenvalue weighted by atomic mass is 32.2. The average molecular weight is 384 g/mol. The predicted molar refractivity (Wildman–Crippen MR) is 99.5 cm³/mol. The van der Waals surface area contributed by atoms with Crippen molar-refractivity contribution in [2.75, 3.05) is 20.2 Å². The van der Waals surface area contributed by atoms with Crippen LogP contribution in [0.4, 0.5) is 0 Å². The van der Waals surface area contributed by atoms with Crippen molar-refractivity contribution in [3.63, 3.8) is 0 Å². The number of carbonyl (C=O) groups is 3. The Morgan fingerprint density at radius 2 is 1.96 bits per heavy atom. The van der Waals surface area contributed by atoms with Crippen molar-refractivity contribution in [1.29, 1.82) is 0 Å². The monoisotopic (exact) mass is 383 g/mol. The van der Waals surface area contributed by atoms with Crippen LogP contribution in [0.15, 0.2) is 0 Å². The van der Waals surface area contributed by atoms with Crippen LogP contribution in [0.2, 0.25) is 0 Å². The molecule has 2 bridgehead atoms. The maximum atomic E-state index is 13.3. The maximum absolute atomic E-state index is 13.3. The summed E-state index contributed by atoms with van der Waals surface area (Å²) in [5, 5.41) is 15.2. The van der Waals surface area contributed by atoms with Crippen LogP contribution in [0.5, 0.6) is 0 Å². The Bertz CT molecular complexity index is 649. The summed E-state index contributed by atoms with van der Waals surface area (Å²) in [6, 6.07) is -0.659. The van der Waals surface area contributed by atoms with Crippen molar-refractivity contribution in [3.05, 3.63) is 0 Å². The van der Waals surface area contributed by atoms with Gasteiger partial charge in [0.1, 0.15) is 6.04 Å². The number of thioether (sulfide) groups is 1. The molecule has 3 heterocycles. The Labute approximate surface area is 158 Å². The number of nitrogens with one attached hydrogen (secondary N) is 2. The smallest absolute Gasteiger partial charge is 0.244 e. The molecule has 0 aliphatic carbocycles. The van der Waals surface area contributed by atoms with Crippen molar-refractivity contribution in [1.82, 2.24) is 15.5 Å². The van der Waals surface area contributed by atoms with Crippen LogP contribution in [0.25, 0.3) is 0 Å². The zero-order valence-corrected chi connectivity index (χ0v) is 16.9. The van der Waals surface area contributed by atoms with Gasteiger partial charge in [-0.15, -0.1) is 11.8 Å². The normalized spacial score (nSPS) is 38.5. The van der Waals surface area contributed by atoms with Crippen molar-refractivity contribution in [2.24, 2.45) is 11.8 Å². The average Bonchev–Trinajstić information content (AvgIpc) is 3.07. The Morgan fingerprint density at radius 1 is 1.31 bits per heavy atom. The van der Waals surface area contributed by atoms with E-state index in [1.807, 2.05) is 27.7 Å². The molecule has 0 saturated carbocycles. The standard InChI is InChI=1S/C18H29N3O4S/c1-16(2,3)20-14(24)12-18-7-6-17(4,26-18)10(13(23)19-5)11(18)15(25)21(12)8-9-22/h10-12,22H,6-9H2,1-5H3,(H,19,23)(H,20,24)/t10-,11-,12?,17+,18?/m0/s1. The zero-order valence-electron chi connectivity index (χ0n) is 16.1. The minimum absolute atomic E-state index is 0.108. The molecule has 3 saturated heterocycles. The van der Waals surface area contributed by atoms with Gasteiger partial charge in [-0.05, 0) is 40.5 Å². The summed E-state index contributed by atoms with van der Waals surface area (Å²) in [6.45, 7) is 7.65. The first kappa shape index (κ1) is 19.5. The highest BCUT2D eigenvalue weighted by Crippen LogP contribution is 2.71. The molecule has 5 atom stereocenters. The lowest BCUT2D eigenvalue weighted by molar-refractivity contribution is -0.141. The summed E-state index contributed by atoms with van der Waals surface area (Å²) >= 11 is 1.63. The van der Waals surface area contributed by atoms with Crippen LogP contribution in [0.1, 0.15) is 40.5 Å². The number of β-amino-alcohol motifs (C(OH)–C–C–N with tert-alkyl or cyclic N) is 1. The second-order valence-corrected chi connectivity index (χ2v) is 10.7. The van der Waals surface area contributed by atoms with E-state index in [9.17, 15) is 19.5 Å². The molecule has 0 aromatic carbocycles. The van der Waals surface area contributed by atoms with Gasteiger partial charge in [-0.2, -0.15) is 0 Å². The quantitative estimate of drug-likeness (QED) is 0.641. The summed E-state index contributed by atoms with van der Waals surface area (Å²) in [6.07, 6.45) is 1.52. The molecule has 0 radical (unpaired) electrons. The van der Waals surface area contributed by atoms with Gasteiger partial charge in [-0.3, -0.25) is 14.4 Å². The third kappa shape index (κ3) is 2.64. The highest BCUT2D eigenvalue weighted by molar-refractivity contribution is 8.02. The predicted octanol–water partition coefficient (Wildman–Crippen LogP) is 0.121. The maximum Gasteiger partial charge on any atom is 0.244 e. The largest absolute Gasteiger partial charge is 0.395 e. The topological polar surface area (TPSA) is 98.7 Å². The SMILES string of the molecule is CNC(=O)[C@@H]1[C@H]2C(=O)N(CCO)C(C(=O)NC(C)(C)C)C23CC[C@@]1(C)S3. The van der Waals surface area contributed by atoms with E-state index in [1.54, 1.807) is 18.8 Å². The number of likely N-dealkylation sites (tertiary alicyclic amines) is 1. The molecule has 1 spiro atoms. The Hall–Kier alpha value is -1.28. The van der Waals surface area contributed by atoms with E-state index in [4.69, 9.17) is 0 Å². The molecule has 3 fully saturated rings. The van der Waals surface area contributed by atoms with Crippen molar-refractivity contribution >= 4 is 29.5 Å². The van der Waals surface area contributed by atoms with E-state index in [1.165, 1.54) is 4.90 Å². The summed E-state index contributed by atoms with van der Waals surface area (Å²) in [5.74, 6) is -1.49. The second-order valence-electron chi connectivity index (χ2n) is 8.84. The fourth-order valence-electron chi connectivity index (χ4n) is 5.07. The number of nitrogens with zero attached hydrogens (tertiary/aromatic N) is 1. The Kier molecular flexibility index (Phi) is 4.59. The summed E-state index contributed by atoms with van der Waals surface area (Å²) in [4.78, 5) is 40.5.